The summed E-state index contributed by atoms with van der Waals surface area (Å²) in [7, 11) is 0. The second-order valence-electron chi connectivity index (χ2n) is 11.4. The highest BCUT2D eigenvalue weighted by molar-refractivity contribution is 5.48. The maximum absolute atomic E-state index is 5.89. The Balaban J connectivity index is 1.46. The van der Waals surface area contributed by atoms with E-state index in [-0.39, 0.29) is 5.41 Å². The molecule has 0 spiro atoms. The molecule has 0 radical (unpaired) electrons. The molecule has 37 heavy (non-hydrogen) atoms. The fourth-order valence-electron chi connectivity index (χ4n) is 6.09. The van der Waals surface area contributed by atoms with Crippen molar-refractivity contribution in [2.24, 2.45) is 5.92 Å². The van der Waals surface area contributed by atoms with Gasteiger partial charge in [0, 0.05) is 16.8 Å². The van der Waals surface area contributed by atoms with Gasteiger partial charge in [0.25, 0.3) is 0 Å². The number of rotatable bonds is 6. The third-order valence-corrected chi connectivity index (χ3v) is 8.67. The van der Waals surface area contributed by atoms with Crippen molar-refractivity contribution in [2.45, 2.75) is 64.7 Å². The van der Waals surface area contributed by atoms with Crippen LogP contribution >= 0.6 is 0 Å². The third kappa shape index (κ3) is 5.44. The molecule has 2 heteroatoms. The zero-order chi connectivity index (χ0) is 26.0. The molecule has 0 aromatic heterocycles. The second kappa shape index (κ2) is 10.5. The van der Waals surface area contributed by atoms with Gasteiger partial charge in [0.2, 0.25) is 0 Å². The van der Waals surface area contributed by atoms with Crippen molar-refractivity contribution in [1.29, 1.82) is 0 Å². The van der Waals surface area contributed by atoms with Gasteiger partial charge in [0.15, 0.2) is 0 Å². The quantitative estimate of drug-likeness (QED) is 0.269. The maximum Gasteiger partial charge on any atom is 0.0314 e. The topological polar surface area (TPSA) is 52.0 Å². The fourth-order valence-corrected chi connectivity index (χ4v) is 6.09. The van der Waals surface area contributed by atoms with E-state index in [2.05, 4.69) is 81.4 Å². The lowest BCUT2D eigenvalue weighted by molar-refractivity contribution is 0.280. The van der Waals surface area contributed by atoms with Gasteiger partial charge in [-0.1, -0.05) is 67.6 Å². The van der Waals surface area contributed by atoms with Gasteiger partial charge in [0.1, 0.15) is 0 Å². The second-order valence-corrected chi connectivity index (χ2v) is 11.4. The van der Waals surface area contributed by atoms with Crippen LogP contribution < -0.4 is 11.5 Å². The normalized spacial score (nSPS) is 15.5. The smallest absolute Gasteiger partial charge is 0.0314 e. The Morgan fingerprint density at radius 3 is 1.41 bits per heavy atom. The summed E-state index contributed by atoms with van der Waals surface area (Å²) < 4.78 is 0. The highest BCUT2D eigenvalue weighted by atomic mass is 14.5. The van der Waals surface area contributed by atoms with Gasteiger partial charge in [-0.3, -0.25) is 0 Å². The molecule has 4 N–H and O–H groups in total. The van der Waals surface area contributed by atoms with E-state index < -0.39 is 0 Å². The Hall–Kier alpha value is -3.52. The van der Waals surface area contributed by atoms with Gasteiger partial charge >= 0.3 is 0 Å². The van der Waals surface area contributed by atoms with Crippen LogP contribution in [-0.4, -0.2) is 0 Å². The van der Waals surface area contributed by atoms with Gasteiger partial charge in [-0.05, 0) is 127 Å². The standard InChI is InChI=1S/C35H40N2/c1-24-16-18-35(19-17-24,31-10-8-29(25(2)20-31)22-27-4-12-33(36)13-5-27)32-11-9-30(26(3)21-32)23-28-6-14-34(37)15-7-28/h4-15,20-21,24H,16-19,22-23,36-37H2,1-3H3. The molecule has 1 aliphatic carbocycles. The number of anilines is 2. The summed E-state index contributed by atoms with van der Waals surface area (Å²) in [5.41, 5.74) is 24.6. The van der Waals surface area contributed by atoms with Crippen LogP contribution in [0.15, 0.2) is 84.9 Å². The molecular weight excluding hydrogens is 448 g/mol. The lowest BCUT2D eigenvalue weighted by atomic mass is 9.63. The van der Waals surface area contributed by atoms with E-state index >= 15 is 0 Å². The van der Waals surface area contributed by atoms with Gasteiger partial charge in [-0.15, -0.1) is 0 Å². The molecule has 0 saturated heterocycles. The summed E-state index contributed by atoms with van der Waals surface area (Å²) in [6, 6.07) is 31.0. The molecule has 4 aromatic carbocycles. The predicted molar refractivity (Wildman–Crippen MR) is 158 cm³/mol. The van der Waals surface area contributed by atoms with E-state index in [9.17, 15) is 0 Å². The van der Waals surface area contributed by atoms with Gasteiger partial charge in [0.05, 0.1) is 0 Å². The highest BCUT2D eigenvalue weighted by Crippen LogP contribution is 2.47. The van der Waals surface area contributed by atoms with Crippen LogP contribution in [0.3, 0.4) is 0 Å². The van der Waals surface area contributed by atoms with E-state index in [1.54, 1.807) is 0 Å². The Morgan fingerprint density at radius 2 is 1.03 bits per heavy atom. The van der Waals surface area contributed by atoms with E-state index in [0.29, 0.717) is 0 Å². The Bertz CT molecular complexity index is 1260. The number of nitrogen functional groups attached to an aromatic ring is 2. The predicted octanol–water partition coefficient (Wildman–Crippen LogP) is 8.15. The first-order valence-electron chi connectivity index (χ1n) is 13.7. The SMILES string of the molecule is Cc1cc(C2(c3ccc(Cc4ccc(N)cc4)c(C)c3)CCC(C)CC2)ccc1Cc1ccc(N)cc1. The van der Waals surface area contributed by atoms with Crippen LogP contribution in [0.2, 0.25) is 0 Å². The average molecular weight is 489 g/mol. The lowest BCUT2D eigenvalue weighted by Crippen LogP contribution is -2.33. The summed E-state index contributed by atoms with van der Waals surface area (Å²) in [5, 5.41) is 0. The molecule has 0 atom stereocenters. The van der Waals surface area contributed by atoms with Crippen LogP contribution in [0.1, 0.15) is 77.1 Å². The van der Waals surface area contributed by atoms with Crippen molar-refractivity contribution in [3.8, 4) is 0 Å². The fraction of sp³-hybridized carbons (Fsp3) is 0.314. The van der Waals surface area contributed by atoms with Crippen LogP contribution in [0.25, 0.3) is 0 Å². The van der Waals surface area contributed by atoms with Crippen molar-refractivity contribution in [1.82, 2.24) is 0 Å². The van der Waals surface area contributed by atoms with E-state index in [4.69, 9.17) is 11.5 Å². The molecule has 1 saturated carbocycles. The zero-order valence-electron chi connectivity index (χ0n) is 22.6. The Labute approximate surface area is 222 Å². The highest BCUT2D eigenvalue weighted by Gasteiger charge is 2.38. The number of nitrogens with two attached hydrogens (primary N) is 2. The molecule has 4 aromatic rings. The number of benzene rings is 4. The number of aryl methyl sites for hydroxylation is 2. The minimum Gasteiger partial charge on any atom is -0.399 e. The molecule has 190 valence electrons. The summed E-state index contributed by atoms with van der Waals surface area (Å²) in [4.78, 5) is 0. The number of hydrogen-bond donors (Lipinski definition) is 2. The van der Waals surface area contributed by atoms with Crippen molar-refractivity contribution < 1.29 is 0 Å². The van der Waals surface area contributed by atoms with Crippen LogP contribution in [0.4, 0.5) is 11.4 Å². The van der Waals surface area contributed by atoms with Crippen LogP contribution in [0.5, 0.6) is 0 Å². The summed E-state index contributed by atoms with van der Waals surface area (Å²) in [6.07, 6.45) is 6.85. The first-order chi connectivity index (χ1) is 17.8. The van der Waals surface area contributed by atoms with Crippen molar-refractivity contribution >= 4 is 11.4 Å². The van der Waals surface area contributed by atoms with Gasteiger partial charge < -0.3 is 11.5 Å². The summed E-state index contributed by atoms with van der Waals surface area (Å²) >= 11 is 0. The van der Waals surface area contributed by atoms with E-state index in [1.807, 2.05) is 24.3 Å². The van der Waals surface area contributed by atoms with Gasteiger partial charge in [-0.2, -0.15) is 0 Å². The van der Waals surface area contributed by atoms with Crippen molar-refractivity contribution in [3.05, 3.63) is 129 Å². The number of hydrogen-bond acceptors (Lipinski definition) is 2. The minimum atomic E-state index is 0.0848. The maximum atomic E-state index is 5.89. The van der Waals surface area contributed by atoms with Crippen LogP contribution in [-0.2, 0) is 18.3 Å². The van der Waals surface area contributed by atoms with Gasteiger partial charge in [-0.25, -0.2) is 0 Å². The minimum absolute atomic E-state index is 0.0848. The summed E-state index contributed by atoms with van der Waals surface area (Å²) in [5.74, 6) is 0.796. The molecule has 1 fully saturated rings. The summed E-state index contributed by atoms with van der Waals surface area (Å²) in [6.45, 7) is 6.96. The largest absolute Gasteiger partial charge is 0.399 e. The molecule has 1 aliphatic rings. The zero-order valence-corrected chi connectivity index (χ0v) is 22.6. The molecular formula is C35H40N2. The molecule has 0 unspecified atom stereocenters. The Kier molecular flexibility index (Phi) is 7.11. The lowest BCUT2D eigenvalue weighted by Gasteiger charge is -2.41. The molecule has 2 nitrogen and oxygen atoms in total. The molecule has 0 heterocycles. The van der Waals surface area contributed by atoms with E-state index in [0.717, 1.165) is 30.1 Å². The van der Waals surface area contributed by atoms with Crippen LogP contribution in [0, 0.1) is 19.8 Å². The third-order valence-electron chi connectivity index (χ3n) is 8.67. The van der Waals surface area contributed by atoms with Crippen molar-refractivity contribution in [3.63, 3.8) is 0 Å². The molecule has 0 aliphatic heterocycles. The first kappa shape index (κ1) is 25.1. The monoisotopic (exact) mass is 488 g/mol. The average Bonchev–Trinajstić information content (AvgIpc) is 2.89. The molecule has 0 amide bonds. The molecule has 5 rings (SSSR count). The van der Waals surface area contributed by atoms with E-state index in [1.165, 1.54) is 70.2 Å². The molecule has 0 bridgehead atoms. The first-order valence-corrected chi connectivity index (χ1v) is 13.7. The van der Waals surface area contributed by atoms with Crippen molar-refractivity contribution in [2.75, 3.05) is 11.5 Å². The Morgan fingerprint density at radius 1 is 0.622 bits per heavy atom.